The number of fused-ring (bicyclic) bond motifs is 1. The van der Waals surface area contributed by atoms with Crippen LogP contribution in [0.1, 0.15) is 28.5 Å². The standard InChI is InChI=1S/C38H43N5O3/c1-25(23-42-18-16-41(4)17-19-42)24-43-27(3)26(2)33-20-31(14-15-34(33)43)39-30-12-10-29(11-13-30)38(46)40-32-21-35(44)37(36(45)22-32)28-8-6-5-7-9-28/h5-15,20-22,25,39,44-45H,16-19,23-24H2,1-4H3,(H,40,46). The third kappa shape index (κ3) is 6.73. The SMILES string of the molecule is Cc1c(C)n(CC(C)CN2CCN(C)CC2)c2ccc(Nc3ccc(C(=O)Nc4cc(O)c(-c5ccccc5)c(O)c4)cc3)cc12. The molecule has 1 aliphatic rings. The van der Waals surface area contributed by atoms with Crippen LogP contribution < -0.4 is 10.6 Å². The second kappa shape index (κ2) is 13.3. The first-order chi connectivity index (χ1) is 22.2. The largest absolute Gasteiger partial charge is 0.507 e. The number of aromatic nitrogens is 1. The fraction of sp³-hybridized carbons (Fsp3) is 0.289. The van der Waals surface area contributed by atoms with Crippen molar-refractivity contribution in [1.29, 1.82) is 0 Å². The number of hydrogen-bond donors (Lipinski definition) is 4. The van der Waals surface area contributed by atoms with Crippen LogP contribution in [0, 0.1) is 19.8 Å². The lowest BCUT2D eigenvalue weighted by atomic mass is 10.0. The van der Waals surface area contributed by atoms with Gasteiger partial charge in [0.1, 0.15) is 11.5 Å². The maximum atomic E-state index is 13.0. The van der Waals surface area contributed by atoms with Crippen molar-refractivity contribution in [1.82, 2.24) is 14.4 Å². The zero-order valence-electron chi connectivity index (χ0n) is 27.0. The molecule has 1 amide bonds. The number of rotatable bonds is 9. The van der Waals surface area contributed by atoms with Crippen molar-refractivity contribution in [3.8, 4) is 22.6 Å². The second-order valence-electron chi connectivity index (χ2n) is 12.7. The van der Waals surface area contributed by atoms with Gasteiger partial charge in [-0.2, -0.15) is 0 Å². The fourth-order valence-corrected chi connectivity index (χ4v) is 6.46. The normalized spacial score (nSPS) is 14.8. The van der Waals surface area contributed by atoms with Crippen molar-refractivity contribution >= 4 is 33.9 Å². The molecule has 6 rings (SSSR count). The molecule has 8 nitrogen and oxygen atoms in total. The molecule has 0 aliphatic carbocycles. The quantitative estimate of drug-likeness (QED) is 0.140. The summed E-state index contributed by atoms with van der Waals surface area (Å²) in [6.45, 7) is 13.5. The van der Waals surface area contributed by atoms with Crippen LogP contribution in [0.2, 0.25) is 0 Å². The number of anilines is 3. The van der Waals surface area contributed by atoms with Crippen LogP contribution in [0.5, 0.6) is 11.5 Å². The molecule has 0 saturated carbocycles. The van der Waals surface area contributed by atoms with E-state index in [0.717, 1.165) is 50.6 Å². The number of nitrogens with one attached hydrogen (secondary N) is 2. The molecule has 8 heteroatoms. The average molecular weight is 618 g/mol. The van der Waals surface area contributed by atoms with Gasteiger partial charge >= 0.3 is 0 Å². The van der Waals surface area contributed by atoms with Crippen molar-refractivity contribution in [2.24, 2.45) is 5.92 Å². The highest BCUT2D eigenvalue weighted by Crippen LogP contribution is 2.39. The van der Waals surface area contributed by atoms with Gasteiger partial charge in [0.05, 0.1) is 5.56 Å². The molecule has 1 unspecified atom stereocenters. The molecule has 1 fully saturated rings. The van der Waals surface area contributed by atoms with E-state index >= 15 is 0 Å². The summed E-state index contributed by atoms with van der Waals surface area (Å²) in [4.78, 5) is 18.0. The van der Waals surface area contributed by atoms with Crippen molar-refractivity contribution in [3.63, 3.8) is 0 Å². The summed E-state index contributed by atoms with van der Waals surface area (Å²) in [5.74, 6) is -0.0120. The number of piperazine rings is 1. The zero-order chi connectivity index (χ0) is 32.4. The highest BCUT2D eigenvalue weighted by Gasteiger charge is 2.19. The summed E-state index contributed by atoms with van der Waals surface area (Å²) >= 11 is 0. The minimum Gasteiger partial charge on any atom is -0.507 e. The number of hydrogen-bond acceptors (Lipinski definition) is 6. The Kier molecular flexibility index (Phi) is 9.01. The van der Waals surface area contributed by atoms with E-state index in [9.17, 15) is 15.0 Å². The van der Waals surface area contributed by atoms with Crippen molar-refractivity contribution in [3.05, 3.63) is 102 Å². The third-order valence-electron chi connectivity index (χ3n) is 9.15. The molecule has 0 radical (unpaired) electrons. The minimum absolute atomic E-state index is 0.112. The number of carbonyl (C=O) groups is 1. The fourth-order valence-electron chi connectivity index (χ4n) is 6.46. The van der Waals surface area contributed by atoms with Crippen molar-refractivity contribution < 1.29 is 15.0 Å². The Balaban J connectivity index is 1.11. The summed E-state index contributed by atoms with van der Waals surface area (Å²) in [7, 11) is 2.20. The van der Waals surface area contributed by atoms with Crippen molar-refractivity contribution in [2.75, 3.05) is 50.4 Å². The van der Waals surface area contributed by atoms with Gasteiger partial charge in [0.15, 0.2) is 0 Å². The summed E-state index contributed by atoms with van der Waals surface area (Å²) in [6, 6.07) is 25.8. The predicted molar refractivity (Wildman–Crippen MR) is 187 cm³/mol. The topological polar surface area (TPSA) is 93.0 Å². The van der Waals surface area contributed by atoms with Crippen LogP contribution in [0.25, 0.3) is 22.0 Å². The van der Waals surface area contributed by atoms with Crippen LogP contribution in [0.4, 0.5) is 17.1 Å². The minimum atomic E-state index is -0.339. The van der Waals surface area contributed by atoms with Gasteiger partial charge in [0.25, 0.3) is 5.91 Å². The Bertz CT molecular complexity index is 1820. The van der Waals surface area contributed by atoms with Crippen LogP contribution in [-0.2, 0) is 6.54 Å². The monoisotopic (exact) mass is 617 g/mol. The molecular weight excluding hydrogens is 574 g/mol. The Labute approximate surface area is 270 Å². The van der Waals surface area contributed by atoms with E-state index in [1.54, 1.807) is 24.3 Å². The van der Waals surface area contributed by atoms with Gasteiger partial charge in [0.2, 0.25) is 0 Å². The van der Waals surface area contributed by atoms with Crippen molar-refractivity contribution in [2.45, 2.75) is 27.3 Å². The molecule has 4 aromatic carbocycles. The number of aryl methyl sites for hydroxylation is 1. The Morgan fingerprint density at radius 2 is 1.46 bits per heavy atom. The molecule has 238 valence electrons. The van der Waals surface area contributed by atoms with Gasteiger partial charge in [-0.15, -0.1) is 0 Å². The summed E-state index contributed by atoms with van der Waals surface area (Å²) in [6.07, 6.45) is 0. The Morgan fingerprint density at radius 1 is 0.804 bits per heavy atom. The third-order valence-corrected chi connectivity index (χ3v) is 9.15. The molecule has 46 heavy (non-hydrogen) atoms. The Hall–Kier alpha value is -4.79. The zero-order valence-corrected chi connectivity index (χ0v) is 27.0. The smallest absolute Gasteiger partial charge is 0.255 e. The highest BCUT2D eigenvalue weighted by atomic mass is 16.3. The molecule has 1 atom stereocenters. The van der Waals surface area contributed by atoms with Crippen LogP contribution >= 0.6 is 0 Å². The van der Waals surface area contributed by atoms with Crippen LogP contribution in [0.3, 0.4) is 0 Å². The summed E-state index contributed by atoms with van der Waals surface area (Å²) in [5.41, 5.74) is 7.49. The maximum Gasteiger partial charge on any atom is 0.255 e. The molecule has 1 saturated heterocycles. The number of likely N-dealkylation sites (N-methyl/N-ethyl adjacent to an activating group) is 1. The molecule has 1 aromatic heterocycles. The van der Waals surface area contributed by atoms with E-state index in [0.29, 0.717) is 28.3 Å². The molecule has 1 aliphatic heterocycles. The summed E-state index contributed by atoms with van der Waals surface area (Å²) < 4.78 is 2.47. The molecule has 5 aromatic rings. The first kappa shape index (κ1) is 31.2. The van der Waals surface area contributed by atoms with Gasteiger partial charge in [-0.3, -0.25) is 4.79 Å². The van der Waals surface area contributed by atoms with Gasteiger partial charge in [-0.05, 0) is 80.4 Å². The number of aromatic hydroxyl groups is 2. The van der Waals surface area contributed by atoms with Crippen LogP contribution in [0.15, 0.2) is 84.9 Å². The molecule has 4 N–H and O–H groups in total. The van der Waals surface area contributed by atoms with Crippen LogP contribution in [-0.4, -0.2) is 70.3 Å². The first-order valence-electron chi connectivity index (χ1n) is 16.0. The lowest BCUT2D eigenvalue weighted by molar-refractivity contribution is 0.102. The molecule has 0 bridgehead atoms. The number of phenolic OH excluding ortho intramolecular Hbond substituents is 2. The first-order valence-corrected chi connectivity index (χ1v) is 16.0. The van der Waals surface area contributed by atoms with Gasteiger partial charge in [-0.1, -0.05) is 37.3 Å². The number of nitrogens with zero attached hydrogens (tertiary/aromatic N) is 3. The van der Waals surface area contributed by atoms with Gasteiger partial charge in [0, 0.05) is 90.6 Å². The Morgan fingerprint density at radius 3 is 2.13 bits per heavy atom. The second-order valence-corrected chi connectivity index (χ2v) is 12.7. The number of benzene rings is 4. The lowest BCUT2D eigenvalue weighted by Gasteiger charge is -2.34. The van der Waals surface area contributed by atoms with E-state index in [2.05, 4.69) is 71.0 Å². The maximum absolute atomic E-state index is 13.0. The van der Waals surface area contributed by atoms with E-state index < -0.39 is 0 Å². The molecular formula is C38H43N5O3. The van der Waals surface area contributed by atoms with E-state index in [1.165, 1.54) is 34.3 Å². The summed E-state index contributed by atoms with van der Waals surface area (Å²) in [5, 5.41) is 28.6. The molecule has 0 spiro atoms. The van der Waals surface area contributed by atoms with E-state index in [1.807, 2.05) is 30.3 Å². The number of phenols is 2. The average Bonchev–Trinajstić information content (AvgIpc) is 3.27. The molecule has 2 heterocycles. The predicted octanol–water partition coefficient (Wildman–Crippen LogP) is 7.22. The number of amides is 1. The van der Waals surface area contributed by atoms with E-state index in [-0.39, 0.29) is 17.4 Å². The highest BCUT2D eigenvalue weighted by molar-refractivity contribution is 6.05. The number of carbonyl (C=O) groups excluding carboxylic acids is 1. The van der Waals surface area contributed by atoms with Gasteiger partial charge < -0.3 is 35.2 Å². The van der Waals surface area contributed by atoms with Gasteiger partial charge in [-0.25, -0.2) is 0 Å². The lowest BCUT2D eigenvalue weighted by Crippen LogP contribution is -2.46. The van der Waals surface area contributed by atoms with E-state index in [4.69, 9.17) is 0 Å².